The Morgan fingerprint density at radius 2 is 2.05 bits per heavy atom. The number of hydrogen-bond acceptors (Lipinski definition) is 3. The van der Waals surface area contributed by atoms with Crippen molar-refractivity contribution in [2.45, 2.75) is 31.9 Å². The molecule has 1 fully saturated rings. The summed E-state index contributed by atoms with van der Waals surface area (Å²) in [6.07, 6.45) is 0.774. The monoisotopic (exact) mass is 286 g/mol. The van der Waals surface area contributed by atoms with Gasteiger partial charge in [0, 0.05) is 23.9 Å². The molecule has 2 atom stereocenters. The zero-order valence-electron chi connectivity index (χ0n) is 11.0. The summed E-state index contributed by atoms with van der Waals surface area (Å²) in [6.45, 7) is 0.331. The first-order valence-electron chi connectivity index (χ1n) is 6.70. The fraction of sp³-hybridized carbons (Fsp3) is 0.571. The van der Waals surface area contributed by atoms with Crippen LogP contribution in [0.25, 0.3) is 0 Å². The minimum absolute atomic E-state index is 0.0301. The average Bonchev–Trinajstić information content (AvgIpc) is 2.45. The molecule has 1 aromatic rings. The third-order valence-corrected chi connectivity index (χ3v) is 3.94. The topological polar surface area (TPSA) is 56.0 Å². The molecule has 1 saturated carbocycles. The molecule has 0 spiro atoms. The van der Waals surface area contributed by atoms with Gasteiger partial charge in [-0.25, -0.2) is 0 Å². The smallest absolute Gasteiger partial charge is 0.330 e. The summed E-state index contributed by atoms with van der Waals surface area (Å²) in [5, 5.41) is 0. The lowest BCUT2D eigenvalue weighted by Crippen LogP contribution is -2.33. The summed E-state index contributed by atoms with van der Waals surface area (Å²) in [4.78, 5) is 16.1. The van der Waals surface area contributed by atoms with Crippen molar-refractivity contribution < 1.29 is 18.0 Å². The first-order valence-corrected chi connectivity index (χ1v) is 6.70. The number of alkyl halides is 3. The number of pyridine rings is 1. The van der Waals surface area contributed by atoms with Crippen molar-refractivity contribution in [2.24, 2.45) is 17.6 Å². The van der Waals surface area contributed by atoms with Gasteiger partial charge in [0.1, 0.15) is 0 Å². The summed E-state index contributed by atoms with van der Waals surface area (Å²) in [5.41, 5.74) is 4.41. The van der Waals surface area contributed by atoms with Crippen LogP contribution in [0.4, 0.5) is 13.2 Å². The van der Waals surface area contributed by atoms with Crippen molar-refractivity contribution in [3.8, 4) is 0 Å². The lowest BCUT2D eigenvalue weighted by atomic mass is 9.75. The fourth-order valence-corrected chi connectivity index (χ4v) is 2.87. The number of carbonyl (C=O) groups is 1. The Hall–Kier alpha value is -1.43. The third kappa shape index (κ3) is 3.00. The Bertz CT molecular complexity index is 488. The van der Waals surface area contributed by atoms with Gasteiger partial charge < -0.3 is 5.73 Å². The van der Waals surface area contributed by atoms with Gasteiger partial charge in [-0.15, -0.1) is 0 Å². The Morgan fingerprint density at radius 1 is 1.35 bits per heavy atom. The minimum atomic E-state index is -4.54. The highest BCUT2D eigenvalue weighted by atomic mass is 19.4. The van der Waals surface area contributed by atoms with Crippen LogP contribution in [0, 0.1) is 11.8 Å². The Balaban J connectivity index is 2.33. The molecule has 110 valence electrons. The molecule has 20 heavy (non-hydrogen) atoms. The van der Waals surface area contributed by atoms with Gasteiger partial charge in [-0.3, -0.25) is 9.78 Å². The van der Waals surface area contributed by atoms with Crippen LogP contribution in [0.2, 0.25) is 0 Å². The molecule has 1 heterocycles. The molecule has 1 aliphatic carbocycles. The first-order chi connectivity index (χ1) is 9.45. The van der Waals surface area contributed by atoms with Crippen LogP contribution >= 0.6 is 0 Å². The molecule has 0 radical (unpaired) electrons. The average molecular weight is 286 g/mol. The number of ketones is 1. The van der Waals surface area contributed by atoms with Crippen molar-refractivity contribution >= 4 is 5.78 Å². The van der Waals surface area contributed by atoms with E-state index in [0.717, 1.165) is 37.7 Å². The van der Waals surface area contributed by atoms with E-state index in [4.69, 9.17) is 5.73 Å². The van der Waals surface area contributed by atoms with Gasteiger partial charge in [-0.2, -0.15) is 13.2 Å². The van der Waals surface area contributed by atoms with Gasteiger partial charge in [0.05, 0.1) is 5.56 Å². The van der Waals surface area contributed by atoms with Gasteiger partial charge >= 0.3 is 6.18 Å². The normalized spacial score (nSPS) is 23.6. The zero-order valence-corrected chi connectivity index (χ0v) is 11.0. The second kappa shape index (κ2) is 5.91. The van der Waals surface area contributed by atoms with Crippen LogP contribution in [0.3, 0.4) is 0 Å². The van der Waals surface area contributed by atoms with E-state index in [0.29, 0.717) is 13.0 Å². The maximum atomic E-state index is 13.0. The van der Waals surface area contributed by atoms with Crippen LogP contribution < -0.4 is 5.73 Å². The van der Waals surface area contributed by atoms with E-state index < -0.39 is 23.4 Å². The third-order valence-electron chi connectivity index (χ3n) is 3.94. The number of Topliss-reactive ketones (excluding diaryl/α,β-unsaturated/α-hetero) is 1. The number of nitrogens with two attached hydrogens (primary N) is 1. The number of hydrogen-bond donors (Lipinski definition) is 1. The standard InChI is InChI=1S/C14H17F3N2O/c15-14(16,17)12-5-6-19-8-11(12)13(20)10-4-2-1-3-9(10)7-18/h5-6,8-10H,1-4,7,18H2. The highest BCUT2D eigenvalue weighted by molar-refractivity contribution is 5.99. The van der Waals surface area contributed by atoms with E-state index in [1.807, 2.05) is 0 Å². The summed E-state index contributed by atoms with van der Waals surface area (Å²) < 4.78 is 38.9. The highest BCUT2D eigenvalue weighted by Gasteiger charge is 2.38. The molecule has 1 aliphatic rings. The highest BCUT2D eigenvalue weighted by Crippen LogP contribution is 2.36. The minimum Gasteiger partial charge on any atom is -0.330 e. The predicted molar refractivity (Wildman–Crippen MR) is 68.1 cm³/mol. The van der Waals surface area contributed by atoms with Gasteiger partial charge in [0.25, 0.3) is 0 Å². The predicted octanol–water partition coefficient (Wildman–Crippen LogP) is 3.05. The molecule has 0 saturated heterocycles. The maximum Gasteiger partial charge on any atom is 0.417 e. The molecule has 0 aliphatic heterocycles. The van der Waals surface area contributed by atoms with Crippen LogP contribution in [-0.4, -0.2) is 17.3 Å². The van der Waals surface area contributed by atoms with E-state index in [-0.39, 0.29) is 11.5 Å². The second-order valence-corrected chi connectivity index (χ2v) is 5.17. The number of nitrogens with zero attached hydrogens (tertiary/aromatic N) is 1. The lowest BCUT2D eigenvalue weighted by Gasteiger charge is -2.30. The number of rotatable bonds is 3. The van der Waals surface area contributed by atoms with E-state index in [9.17, 15) is 18.0 Å². The summed E-state index contributed by atoms with van der Waals surface area (Å²) >= 11 is 0. The molecular formula is C14H17F3N2O. The van der Waals surface area contributed by atoms with Crippen LogP contribution in [0.1, 0.15) is 41.6 Å². The lowest BCUT2D eigenvalue weighted by molar-refractivity contribution is -0.138. The van der Waals surface area contributed by atoms with Crippen molar-refractivity contribution in [2.75, 3.05) is 6.54 Å². The van der Waals surface area contributed by atoms with Crippen molar-refractivity contribution in [1.82, 2.24) is 4.98 Å². The van der Waals surface area contributed by atoms with Gasteiger partial charge in [-0.05, 0) is 31.4 Å². The van der Waals surface area contributed by atoms with Crippen LogP contribution in [-0.2, 0) is 6.18 Å². The molecule has 0 amide bonds. The molecule has 0 bridgehead atoms. The maximum absolute atomic E-state index is 13.0. The summed E-state index contributed by atoms with van der Waals surface area (Å²) in [5.74, 6) is -0.919. The molecule has 2 unspecified atom stereocenters. The molecule has 6 heteroatoms. The van der Waals surface area contributed by atoms with Crippen molar-refractivity contribution in [3.05, 3.63) is 29.6 Å². The van der Waals surface area contributed by atoms with E-state index >= 15 is 0 Å². The van der Waals surface area contributed by atoms with Gasteiger partial charge in [0.2, 0.25) is 0 Å². The quantitative estimate of drug-likeness (QED) is 0.869. The molecule has 2 rings (SSSR count). The number of halogens is 3. The Labute approximate surface area is 115 Å². The van der Waals surface area contributed by atoms with Crippen molar-refractivity contribution in [1.29, 1.82) is 0 Å². The van der Waals surface area contributed by atoms with E-state index in [2.05, 4.69) is 4.98 Å². The van der Waals surface area contributed by atoms with Gasteiger partial charge in [-0.1, -0.05) is 12.8 Å². The van der Waals surface area contributed by atoms with Crippen LogP contribution in [0.15, 0.2) is 18.5 Å². The second-order valence-electron chi connectivity index (χ2n) is 5.17. The summed E-state index contributed by atoms with van der Waals surface area (Å²) in [7, 11) is 0. The first kappa shape index (κ1) is 15.0. The summed E-state index contributed by atoms with van der Waals surface area (Å²) in [6, 6.07) is 0.855. The van der Waals surface area contributed by atoms with E-state index in [1.165, 1.54) is 0 Å². The largest absolute Gasteiger partial charge is 0.417 e. The number of carbonyl (C=O) groups excluding carboxylic acids is 1. The van der Waals surface area contributed by atoms with Gasteiger partial charge in [0.15, 0.2) is 5.78 Å². The Kier molecular flexibility index (Phi) is 4.42. The fourth-order valence-electron chi connectivity index (χ4n) is 2.87. The molecule has 0 aromatic carbocycles. The van der Waals surface area contributed by atoms with Crippen LogP contribution in [0.5, 0.6) is 0 Å². The molecule has 1 aromatic heterocycles. The molecule has 3 nitrogen and oxygen atoms in total. The SMILES string of the molecule is NCC1CCCCC1C(=O)c1cnccc1C(F)(F)F. The zero-order chi connectivity index (χ0) is 14.8. The van der Waals surface area contributed by atoms with Crippen molar-refractivity contribution in [3.63, 3.8) is 0 Å². The molecular weight excluding hydrogens is 269 g/mol. The Morgan fingerprint density at radius 3 is 2.70 bits per heavy atom. The van der Waals surface area contributed by atoms with E-state index in [1.54, 1.807) is 0 Å². The molecule has 2 N–H and O–H groups in total. The number of aromatic nitrogens is 1.